The molecule has 0 radical (unpaired) electrons. The number of amides is 1. The van der Waals surface area contributed by atoms with Gasteiger partial charge in [-0.05, 0) is 18.6 Å². The van der Waals surface area contributed by atoms with Crippen LogP contribution in [0.25, 0.3) is 0 Å². The molecule has 0 saturated carbocycles. The molecule has 2 nitrogen and oxygen atoms in total. The predicted molar refractivity (Wildman–Crippen MR) is 72.7 cm³/mol. The van der Waals surface area contributed by atoms with Gasteiger partial charge in [0.2, 0.25) is 5.91 Å². The van der Waals surface area contributed by atoms with E-state index in [0.29, 0.717) is 6.42 Å². The maximum atomic E-state index is 11.1. The Balaban J connectivity index is 0. The van der Waals surface area contributed by atoms with Gasteiger partial charge in [-0.2, -0.15) is 0 Å². The van der Waals surface area contributed by atoms with E-state index in [0.717, 1.165) is 12.1 Å². The number of hydrogen-bond acceptors (Lipinski definition) is 1. The quantitative estimate of drug-likeness (QED) is 0.804. The van der Waals surface area contributed by atoms with E-state index in [1.54, 1.807) is 0 Å². The second-order valence-electron chi connectivity index (χ2n) is 2.66. The fourth-order valence-electron chi connectivity index (χ4n) is 0.972. The lowest BCUT2D eigenvalue weighted by molar-refractivity contribution is -0.116. The van der Waals surface area contributed by atoms with Crippen molar-refractivity contribution in [3.8, 4) is 0 Å². The summed E-state index contributed by atoms with van der Waals surface area (Å²) in [5.41, 5.74) is 0.871. The lowest BCUT2D eigenvalue weighted by Crippen LogP contribution is -2.10. The average molecular weight is 223 g/mol. The molecular weight excluding hydrogens is 198 g/mol. The van der Waals surface area contributed by atoms with Crippen LogP contribution in [0.5, 0.6) is 0 Å². The van der Waals surface area contributed by atoms with Crippen LogP contribution in [0, 0.1) is 0 Å². The maximum Gasteiger partial charge on any atom is 0.224 e. The summed E-state index contributed by atoms with van der Waals surface area (Å²) in [5, 5.41) is 2.80. The van der Waals surface area contributed by atoms with E-state index >= 15 is 0 Å². The zero-order valence-electron chi connectivity index (χ0n) is 11.2. The summed E-state index contributed by atoms with van der Waals surface area (Å²) >= 11 is 0. The minimum absolute atomic E-state index is 0.0868. The third-order valence-corrected chi connectivity index (χ3v) is 1.53. The van der Waals surface area contributed by atoms with E-state index in [2.05, 4.69) is 5.32 Å². The Labute approximate surface area is 100 Å². The molecule has 2 heteroatoms. The second kappa shape index (κ2) is 13.7. The van der Waals surface area contributed by atoms with Gasteiger partial charge < -0.3 is 5.32 Å². The summed E-state index contributed by atoms with van der Waals surface area (Å²) in [6.07, 6.45) is 1.48. The van der Waals surface area contributed by atoms with Crippen molar-refractivity contribution in [3.63, 3.8) is 0 Å². The van der Waals surface area contributed by atoms with Crippen LogP contribution in [0.3, 0.4) is 0 Å². The summed E-state index contributed by atoms with van der Waals surface area (Å²) in [5.74, 6) is 0.0868. The summed E-state index contributed by atoms with van der Waals surface area (Å²) in [7, 11) is 0. The van der Waals surface area contributed by atoms with Gasteiger partial charge in [0.05, 0.1) is 0 Å². The molecule has 1 amide bonds. The largest absolute Gasteiger partial charge is 0.326 e. The molecule has 1 rings (SSSR count). The highest BCUT2D eigenvalue weighted by Gasteiger charge is 1.97. The first-order valence-electron chi connectivity index (χ1n) is 6.18. The average Bonchev–Trinajstić information content (AvgIpc) is 2.36. The fraction of sp³-hybridized carbons (Fsp3) is 0.500. The van der Waals surface area contributed by atoms with Crippen molar-refractivity contribution in [2.75, 3.05) is 5.32 Å². The number of benzene rings is 1. The van der Waals surface area contributed by atoms with Gasteiger partial charge in [-0.15, -0.1) is 0 Å². The van der Waals surface area contributed by atoms with Crippen LogP contribution < -0.4 is 5.32 Å². The van der Waals surface area contributed by atoms with Crippen molar-refractivity contribution < 1.29 is 4.79 Å². The molecule has 0 heterocycles. The van der Waals surface area contributed by atoms with Gasteiger partial charge in [0.15, 0.2) is 0 Å². The van der Waals surface area contributed by atoms with Gasteiger partial charge in [0, 0.05) is 12.1 Å². The molecular formula is C14H25NO. The van der Waals surface area contributed by atoms with Gasteiger partial charge in [-0.25, -0.2) is 0 Å². The summed E-state index contributed by atoms with van der Waals surface area (Å²) in [4.78, 5) is 11.1. The van der Waals surface area contributed by atoms with E-state index in [-0.39, 0.29) is 5.91 Å². The monoisotopic (exact) mass is 223 g/mol. The maximum absolute atomic E-state index is 11.1. The Morgan fingerprint density at radius 3 is 2.00 bits per heavy atom. The van der Waals surface area contributed by atoms with E-state index < -0.39 is 0 Å². The number of para-hydroxylation sites is 1. The first-order valence-corrected chi connectivity index (χ1v) is 6.18. The Hall–Kier alpha value is -1.31. The molecule has 1 aromatic rings. The first-order chi connectivity index (χ1) is 7.83. The Morgan fingerprint density at radius 1 is 1.06 bits per heavy atom. The number of hydrogen-bond donors (Lipinski definition) is 1. The molecule has 92 valence electrons. The Kier molecular flexibility index (Phi) is 14.6. The lowest BCUT2D eigenvalue weighted by atomic mass is 10.3. The lowest BCUT2D eigenvalue weighted by Gasteiger charge is -2.02. The van der Waals surface area contributed by atoms with Gasteiger partial charge in [-0.3, -0.25) is 4.79 Å². The van der Waals surface area contributed by atoms with Crippen LogP contribution in [-0.2, 0) is 4.79 Å². The third-order valence-electron chi connectivity index (χ3n) is 1.53. The zero-order chi connectivity index (χ0) is 12.8. The topological polar surface area (TPSA) is 29.1 Å². The third kappa shape index (κ3) is 9.25. The van der Waals surface area contributed by atoms with Gasteiger partial charge in [-0.1, -0.05) is 52.8 Å². The standard InChI is InChI=1S/C10H13NO.2C2H6/c1-2-6-10(12)11-9-7-4-3-5-8-9;2*1-2/h3-5,7-8H,2,6H2,1H3,(H,11,12);2*1-2H3. The van der Waals surface area contributed by atoms with Crippen molar-refractivity contribution in [2.45, 2.75) is 47.5 Å². The summed E-state index contributed by atoms with van der Waals surface area (Å²) in [6.45, 7) is 9.99. The molecule has 0 atom stereocenters. The number of anilines is 1. The van der Waals surface area contributed by atoms with E-state index in [4.69, 9.17) is 0 Å². The van der Waals surface area contributed by atoms with Gasteiger partial charge in [0.25, 0.3) is 0 Å². The zero-order valence-corrected chi connectivity index (χ0v) is 11.2. The minimum Gasteiger partial charge on any atom is -0.326 e. The van der Waals surface area contributed by atoms with Crippen molar-refractivity contribution in [2.24, 2.45) is 0 Å². The first kappa shape index (κ1) is 17.1. The number of rotatable bonds is 3. The van der Waals surface area contributed by atoms with E-state index in [1.807, 2.05) is 65.0 Å². The molecule has 0 aliphatic carbocycles. The molecule has 0 bridgehead atoms. The Morgan fingerprint density at radius 2 is 1.56 bits per heavy atom. The minimum atomic E-state index is 0.0868. The number of carbonyl (C=O) groups is 1. The second-order valence-corrected chi connectivity index (χ2v) is 2.66. The highest BCUT2D eigenvalue weighted by atomic mass is 16.1. The van der Waals surface area contributed by atoms with Gasteiger partial charge in [0.1, 0.15) is 0 Å². The van der Waals surface area contributed by atoms with Crippen LogP contribution in [0.1, 0.15) is 47.5 Å². The molecule has 0 aromatic heterocycles. The van der Waals surface area contributed by atoms with Crippen LogP contribution >= 0.6 is 0 Å². The van der Waals surface area contributed by atoms with Crippen molar-refractivity contribution >= 4 is 11.6 Å². The van der Waals surface area contributed by atoms with Crippen LogP contribution in [-0.4, -0.2) is 5.91 Å². The molecule has 0 saturated heterocycles. The fourth-order valence-corrected chi connectivity index (χ4v) is 0.972. The molecule has 0 fully saturated rings. The van der Waals surface area contributed by atoms with Crippen LogP contribution in [0.15, 0.2) is 30.3 Å². The summed E-state index contributed by atoms with van der Waals surface area (Å²) in [6, 6.07) is 9.50. The van der Waals surface area contributed by atoms with Crippen molar-refractivity contribution in [3.05, 3.63) is 30.3 Å². The number of carbonyl (C=O) groups excluding carboxylic acids is 1. The molecule has 0 unspecified atom stereocenters. The smallest absolute Gasteiger partial charge is 0.224 e. The molecule has 1 aromatic carbocycles. The molecule has 16 heavy (non-hydrogen) atoms. The van der Waals surface area contributed by atoms with Crippen LogP contribution in [0.2, 0.25) is 0 Å². The molecule has 0 aliphatic rings. The van der Waals surface area contributed by atoms with E-state index in [9.17, 15) is 4.79 Å². The molecule has 1 N–H and O–H groups in total. The van der Waals surface area contributed by atoms with Crippen molar-refractivity contribution in [1.82, 2.24) is 0 Å². The summed E-state index contributed by atoms with van der Waals surface area (Å²) < 4.78 is 0. The SMILES string of the molecule is CC.CC.CCCC(=O)Nc1ccccc1. The highest BCUT2D eigenvalue weighted by Crippen LogP contribution is 2.05. The normalized spacial score (nSPS) is 7.81. The molecule has 0 aliphatic heterocycles. The number of nitrogens with one attached hydrogen (secondary N) is 1. The Bertz CT molecular complexity index is 244. The van der Waals surface area contributed by atoms with E-state index in [1.165, 1.54) is 0 Å². The van der Waals surface area contributed by atoms with Crippen LogP contribution in [0.4, 0.5) is 5.69 Å². The predicted octanol–water partition coefficient (Wildman–Crippen LogP) is 4.48. The molecule has 0 spiro atoms. The van der Waals surface area contributed by atoms with Crippen molar-refractivity contribution in [1.29, 1.82) is 0 Å². The van der Waals surface area contributed by atoms with Gasteiger partial charge >= 0.3 is 0 Å². The highest BCUT2D eigenvalue weighted by molar-refractivity contribution is 5.90.